The van der Waals surface area contributed by atoms with Gasteiger partial charge in [-0.15, -0.1) is 11.3 Å². The minimum atomic E-state index is -3.67. The SMILES string of the molecule is COc1cc(OC)cc(-c2csc(N3CCN(S(=O)(=O)c4cc(Cl)cc(Cl)c4)CC3)n2)c1. The summed E-state index contributed by atoms with van der Waals surface area (Å²) >= 11 is 13.5. The van der Waals surface area contributed by atoms with Gasteiger partial charge in [0.15, 0.2) is 5.13 Å². The van der Waals surface area contributed by atoms with Crippen molar-refractivity contribution in [2.75, 3.05) is 45.3 Å². The lowest BCUT2D eigenvalue weighted by Gasteiger charge is -2.33. The van der Waals surface area contributed by atoms with Gasteiger partial charge in [-0.2, -0.15) is 4.31 Å². The van der Waals surface area contributed by atoms with Gasteiger partial charge >= 0.3 is 0 Å². The molecule has 0 amide bonds. The Morgan fingerprint density at radius 2 is 1.50 bits per heavy atom. The minimum absolute atomic E-state index is 0.104. The monoisotopic (exact) mass is 513 g/mol. The number of hydrogen-bond donors (Lipinski definition) is 0. The molecule has 1 aromatic heterocycles. The second-order valence-corrected chi connectivity index (χ2v) is 10.8. The van der Waals surface area contributed by atoms with Gasteiger partial charge in [0.25, 0.3) is 0 Å². The fourth-order valence-corrected chi connectivity index (χ4v) is 6.48. The highest BCUT2D eigenvalue weighted by molar-refractivity contribution is 7.89. The third-order valence-corrected chi connectivity index (χ3v) is 8.34. The number of thiazole rings is 1. The van der Waals surface area contributed by atoms with Crippen LogP contribution in [0.25, 0.3) is 11.3 Å². The largest absolute Gasteiger partial charge is 0.497 e. The van der Waals surface area contributed by atoms with Crippen LogP contribution in [0.15, 0.2) is 46.7 Å². The van der Waals surface area contributed by atoms with Crippen molar-refractivity contribution in [1.82, 2.24) is 9.29 Å². The maximum Gasteiger partial charge on any atom is 0.243 e. The van der Waals surface area contributed by atoms with Crippen LogP contribution in [0.5, 0.6) is 11.5 Å². The molecule has 3 aromatic rings. The highest BCUT2D eigenvalue weighted by atomic mass is 35.5. The first kappa shape index (κ1) is 23.1. The van der Waals surface area contributed by atoms with Gasteiger partial charge in [0, 0.05) is 53.2 Å². The summed E-state index contributed by atoms with van der Waals surface area (Å²) in [6.45, 7) is 1.74. The van der Waals surface area contributed by atoms with Crippen LogP contribution in [0, 0.1) is 0 Å². The summed E-state index contributed by atoms with van der Waals surface area (Å²) in [6.07, 6.45) is 0. The summed E-state index contributed by atoms with van der Waals surface area (Å²) in [6, 6.07) is 9.97. The number of nitrogens with zero attached hydrogens (tertiary/aromatic N) is 3. The lowest BCUT2D eigenvalue weighted by atomic mass is 10.1. The third-order valence-electron chi connectivity index (χ3n) is 5.12. The molecule has 32 heavy (non-hydrogen) atoms. The van der Waals surface area contributed by atoms with Gasteiger partial charge in [-0.25, -0.2) is 13.4 Å². The molecule has 1 aliphatic rings. The molecule has 0 atom stereocenters. The zero-order chi connectivity index (χ0) is 22.9. The number of methoxy groups -OCH3 is 2. The van der Waals surface area contributed by atoms with Crippen LogP contribution >= 0.6 is 34.5 Å². The van der Waals surface area contributed by atoms with Crippen molar-refractivity contribution < 1.29 is 17.9 Å². The van der Waals surface area contributed by atoms with Crippen molar-refractivity contribution in [2.24, 2.45) is 0 Å². The molecule has 0 radical (unpaired) electrons. The van der Waals surface area contributed by atoms with Crippen LogP contribution in [-0.4, -0.2) is 58.1 Å². The van der Waals surface area contributed by atoms with Crippen LogP contribution < -0.4 is 14.4 Å². The average molecular weight is 514 g/mol. The van der Waals surface area contributed by atoms with Crippen molar-refractivity contribution in [3.8, 4) is 22.8 Å². The van der Waals surface area contributed by atoms with E-state index in [2.05, 4.69) is 4.90 Å². The van der Waals surface area contributed by atoms with E-state index in [-0.39, 0.29) is 4.90 Å². The molecular formula is C21H21Cl2N3O4S2. The van der Waals surface area contributed by atoms with E-state index in [1.54, 1.807) is 14.2 Å². The number of rotatable bonds is 6. The van der Waals surface area contributed by atoms with E-state index in [4.69, 9.17) is 37.7 Å². The predicted molar refractivity (Wildman–Crippen MR) is 128 cm³/mol. The Hall–Kier alpha value is -2.04. The van der Waals surface area contributed by atoms with Crippen molar-refractivity contribution in [1.29, 1.82) is 0 Å². The van der Waals surface area contributed by atoms with E-state index in [1.807, 2.05) is 23.6 Å². The quantitative estimate of drug-likeness (QED) is 0.477. The van der Waals surface area contributed by atoms with Crippen LogP contribution in [0.2, 0.25) is 10.0 Å². The van der Waals surface area contributed by atoms with Crippen LogP contribution in [0.3, 0.4) is 0 Å². The van der Waals surface area contributed by atoms with Crippen molar-refractivity contribution in [2.45, 2.75) is 4.90 Å². The Kier molecular flexibility index (Phi) is 6.83. The van der Waals surface area contributed by atoms with E-state index in [0.717, 1.165) is 16.4 Å². The molecule has 7 nitrogen and oxygen atoms in total. The first-order valence-electron chi connectivity index (χ1n) is 9.70. The molecule has 11 heteroatoms. The molecule has 170 valence electrons. The molecule has 0 bridgehead atoms. The zero-order valence-corrected chi connectivity index (χ0v) is 20.6. The molecule has 2 heterocycles. The fraction of sp³-hybridized carbons (Fsp3) is 0.286. The van der Waals surface area contributed by atoms with Crippen molar-refractivity contribution in [3.63, 3.8) is 0 Å². The maximum atomic E-state index is 13.0. The number of sulfonamides is 1. The van der Waals surface area contributed by atoms with E-state index in [0.29, 0.717) is 47.7 Å². The van der Waals surface area contributed by atoms with E-state index in [1.165, 1.54) is 33.8 Å². The van der Waals surface area contributed by atoms with Gasteiger partial charge < -0.3 is 14.4 Å². The van der Waals surface area contributed by atoms with Crippen LogP contribution in [-0.2, 0) is 10.0 Å². The number of piperazine rings is 1. The highest BCUT2D eigenvalue weighted by Gasteiger charge is 2.30. The second-order valence-electron chi connectivity index (χ2n) is 7.11. The fourth-order valence-electron chi connectivity index (χ4n) is 3.44. The van der Waals surface area contributed by atoms with Crippen molar-refractivity contribution in [3.05, 3.63) is 51.8 Å². The van der Waals surface area contributed by atoms with Crippen LogP contribution in [0.1, 0.15) is 0 Å². The summed E-state index contributed by atoms with van der Waals surface area (Å²) in [5.74, 6) is 1.38. The topological polar surface area (TPSA) is 72.0 Å². The minimum Gasteiger partial charge on any atom is -0.497 e. The molecule has 0 N–H and O–H groups in total. The average Bonchev–Trinajstić information content (AvgIpc) is 3.28. The molecule has 0 spiro atoms. The normalized spacial score (nSPS) is 15.1. The Morgan fingerprint density at radius 3 is 2.06 bits per heavy atom. The predicted octanol–water partition coefficient (Wildman–Crippen LogP) is 4.65. The Labute approximate surface area is 201 Å². The van der Waals surface area contributed by atoms with E-state index >= 15 is 0 Å². The van der Waals surface area contributed by atoms with E-state index in [9.17, 15) is 8.42 Å². The van der Waals surface area contributed by atoms with Gasteiger partial charge in [-0.1, -0.05) is 23.2 Å². The van der Waals surface area contributed by atoms with Gasteiger partial charge in [-0.3, -0.25) is 0 Å². The summed E-state index contributed by atoms with van der Waals surface area (Å²) in [4.78, 5) is 6.94. The number of halogens is 2. The first-order chi connectivity index (χ1) is 15.3. The van der Waals surface area contributed by atoms with Crippen molar-refractivity contribution >= 4 is 49.7 Å². The standard InChI is InChI=1S/C21H21Cl2N3O4S2/c1-29-17-7-14(8-18(12-17)30-2)20-13-31-21(24-20)25-3-5-26(6-4-25)32(27,28)19-10-15(22)9-16(23)11-19/h7-13H,3-6H2,1-2H3. The lowest BCUT2D eigenvalue weighted by molar-refractivity contribution is 0.385. The summed E-state index contributed by atoms with van der Waals surface area (Å²) < 4.78 is 38.1. The Morgan fingerprint density at radius 1 is 0.906 bits per heavy atom. The van der Waals surface area contributed by atoms with Gasteiger partial charge in [0.05, 0.1) is 24.8 Å². The molecule has 2 aromatic carbocycles. The summed E-state index contributed by atoms with van der Waals surface area (Å²) in [5, 5.41) is 3.39. The second kappa shape index (κ2) is 9.44. The smallest absolute Gasteiger partial charge is 0.243 e. The lowest BCUT2D eigenvalue weighted by Crippen LogP contribution is -2.48. The Balaban J connectivity index is 1.48. The van der Waals surface area contributed by atoms with Gasteiger partial charge in [0.1, 0.15) is 11.5 Å². The van der Waals surface area contributed by atoms with E-state index < -0.39 is 10.0 Å². The number of ether oxygens (including phenoxy) is 2. The molecule has 1 aliphatic heterocycles. The maximum absolute atomic E-state index is 13.0. The molecule has 0 aliphatic carbocycles. The van der Waals surface area contributed by atoms with Gasteiger partial charge in [0.2, 0.25) is 10.0 Å². The molecule has 1 saturated heterocycles. The zero-order valence-electron chi connectivity index (χ0n) is 17.4. The molecule has 1 fully saturated rings. The van der Waals surface area contributed by atoms with Gasteiger partial charge in [-0.05, 0) is 30.3 Å². The highest BCUT2D eigenvalue weighted by Crippen LogP contribution is 2.33. The first-order valence-corrected chi connectivity index (χ1v) is 12.8. The molecule has 0 unspecified atom stereocenters. The molecule has 0 saturated carbocycles. The Bertz CT molecular complexity index is 1180. The number of hydrogen-bond acceptors (Lipinski definition) is 7. The number of benzene rings is 2. The summed E-state index contributed by atoms with van der Waals surface area (Å²) in [5.41, 5.74) is 1.70. The number of aromatic nitrogens is 1. The molecular weight excluding hydrogens is 493 g/mol. The third kappa shape index (κ3) is 4.82. The number of anilines is 1. The van der Waals surface area contributed by atoms with Crippen LogP contribution in [0.4, 0.5) is 5.13 Å². The summed E-state index contributed by atoms with van der Waals surface area (Å²) in [7, 11) is -0.459. The molecule has 4 rings (SSSR count).